The first-order valence-corrected chi connectivity index (χ1v) is 10.6. The molecule has 1 aromatic heterocycles. The maximum absolute atomic E-state index is 12.3. The Hall–Kier alpha value is -3.94. The zero-order valence-electron chi connectivity index (χ0n) is 17.5. The highest BCUT2D eigenvalue weighted by Gasteiger charge is 2.18. The molecule has 0 unspecified atom stereocenters. The number of benzene rings is 2. The Labute approximate surface area is 185 Å². The molecule has 2 heterocycles. The number of rotatable bonds is 7. The number of piperidine rings is 1. The van der Waals surface area contributed by atoms with Gasteiger partial charge in [-0.05, 0) is 30.5 Å². The van der Waals surface area contributed by atoms with Crippen LogP contribution in [0.2, 0.25) is 0 Å². The van der Waals surface area contributed by atoms with E-state index in [0.29, 0.717) is 24.4 Å². The predicted molar refractivity (Wildman–Crippen MR) is 119 cm³/mol. The summed E-state index contributed by atoms with van der Waals surface area (Å²) in [6.07, 6.45) is 2.55. The number of nitrogens with zero attached hydrogens (tertiary/aromatic N) is 2. The zero-order valence-corrected chi connectivity index (χ0v) is 17.5. The third-order valence-electron chi connectivity index (χ3n) is 5.22. The molecule has 1 aliphatic heterocycles. The van der Waals surface area contributed by atoms with E-state index in [4.69, 9.17) is 4.52 Å². The summed E-state index contributed by atoms with van der Waals surface area (Å²) in [4.78, 5) is 38.4. The zero-order chi connectivity index (χ0) is 22.3. The van der Waals surface area contributed by atoms with Crippen molar-refractivity contribution < 1.29 is 18.9 Å². The lowest BCUT2D eigenvalue weighted by molar-refractivity contribution is -0.133. The van der Waals surface area contributed by atoms with Gasteiger partial charge in [0.1, 0.15) is 0 Å². The largest absolute Gasteiger partial charge is 0.355 e. The second-order valence-electron chi connectivity index (χ2n) is 7.65. The van der Waals surface area contributed by atoms with Crippen LogP contribution >= 0.6 is 0 Å². The Bertz CT molecular complexity index is 1110. The van der Waals surface area contributed by atoms with Crippen LogP contribution in [0.25, 0.3) is 11.3 Å². The third-order valence-corrected chi connectivity index (χ3v) is 5.22. The van der Waals surface area contributed by atoms with Crippen molar-refractivity contribution >= 4 is 23.4 Å². The molecule has 3 aromatic rings. The molecule has 32 heavy (non-hydrogen) atoms. The van der Waals surface area contributed by atoms with Crippen LogP contribution in [0.3, 0.4) is 0 Å². The van der Waals surface area contributed by atoms with Crippen molar-refractivity contribution in [2.75, 3.05) is 18.4 Å². The molecule has 1 aliphatic rings. The fourth-order valence-electron chi connectivity index (χ4n) is 3.57. The molecule has 0 atom stereocenters. The van der Waals surface area contributed by atoms with E-state index >= 15 is 0 Å². The van der Waals surface area contributed by atoms with Crippen LogP contribution in [0.4, 0.5) is 5.69 Å². The van der Waals surface area contributed by atoms with Crippen molar-refractivity contribution in [3.05, 3.63) is 71.9 Å². The van der Waals surface area contributed by atoms with E-state index in [1.165, 1.54) is 6.07 Å². The molecule has 164 valence electrons. The smallest absolute Gasteiger partial charge is 0.273 e. The van der Waals surface area contributed by atoms with Gasteiger partial charge in [0.2, 0.25) is 11.8 Å². The van der Waals surface area contributed by atoms with E-state index in [2.05, 4.69) is 15.8 Å². The molecule has 3 amide bonds. The van der Waals surface area contributed by atoms with Crippen molar-refractivity contribution in [2.24, 2.45) is 0 Å². The van der Waals surface area contributed by atoms with Crippen LogP contribution in [-0.2, 0) is 16.1 Å². The molecule has 8 nitrogen and oxygen atoms in total. The highest BCUT2D eigenvalue weighted by Crippen LogP contribution is 2.20. The summed E-state index contributed by atoms with van der Waals surface area (Å²) in [7, 11) is 0. The first-order chi connectivity index (χ1) is 15.6. The molecule has 4 rings (SSSR count). The van der Waals surface area contributed by atoms with Crippen LogP contribution < -0.4 is 10.6 Å². The lowest BCUT2D eigenvalue weighted by Gasteiger charge is -2.26. The van der Waals surface area contributed by atoms with Crippen LogP contribution in [0.5, 0.6) is 0 Å². The van der Waals surface area contributed by atoms with Gasteiger partial charge in [-0.15, -0.1) is 0 Å². The molecule has 0 saturated carbocycles. The monoisotopic (exact) mass is 432 g/mol. The first kappa shape index (κ1) is 21.3. The van der Waals surface area contributed by atoms with Crippen molar-refractivity contribution in [1.82, 2.24) is 15.4 Å². The molecule has 0 aliphatic carbocycles. The van der Waals surface area contributed by atoms with Gasteiger partial charge in [0.25, 0.3) is 5.91 Å². The van der Waals surface area contributed by atoms with Gasteiger partial charge in [-0.2, -0.15) is 0 Å². The molecule has 1 saturated heterocycles. The Morgan fingerprint density at radius 2 is 1.88 bits per heavy atom. The second kappa shape index (κ2) is 9.91. The highest BCUT2D eigenvalue weighted by atomic mass is 16.5. The topological polar surface area (TPSA) is 105 Å². The number of amides is 3. The van der Waals surface area contributed by atoms with Gasteiger partial charge in [-0.1, -0.05) is 47.6 Å². The number of hydrogen-bond donors (Lipinski definition) is 2. The molecule has 0 radical (unpaired) electrons. The summed E-state index contributed by atoms with van der Waals surface area (Å²) in [5, 5.41) is 9.09. The number of likely N-dealkylation sites (tertiary alicyclic amines) is 1. The van der Waals surface area contributed by atoms with Gasteiger partial charge in [0.15, 0.2) is 11.5 Å². The highest BCUT2D eigenvalue weighted by molar-refractivity contribution is 5.98. The van der Waals surface area contributed by atoms with Crippen molar-refractivity contribution in [2.45, 2.75) is 25.8 Å². The van der Waals surface area contributed by atoms with E-state index in [0.717, 1.165) is 30.5 Å². The van der Waals surface area contributed by atoms with Gasteiger partial charge >= 0.3 is 0 Å². The number of anilines is 1. The average molecular weight is 432 g/mol. The minimum absolute atomic E-state index is 0.102. The van der Waals surface area contributed by atoms with Crippen LogP contribution in [0.15, 0.2) is 65.2 Å². The summed E-state index contributed by atoms with van der Waals surface area (Å²) in [6.45, 7) is 1.08. The number of nitrogens with one attached hydrogen (secondary N) is 2. The van der Waals surface area contributed by atoms with E-state index in [9.17, 15) is 14.4 Å². The number of hydrogen-bond acceptors (Lipinski definition) is 5. The summed E-state index contributed by atoms with van der Waals surface area (Å²) >= 11 is 0. The predicted octanol–water partition coefficient (Wildman–Crippen LogP) is 3.22. The standard InChI is InChI=1S/C24H24N4O4/c29-22(15-25-24(31)20-14-21(32-27-20)18-8-2-1-3-9-18)26-19-10-6-7-17(13-19)16-28-12-5-4-11-23(28)30/h1-3,6-10,13-14H,4-5,11-12,15-16H2,(H,25,31)(H,26,29). The first-order valence-electron chi connectivity index (χ1n) is 10.6. The van der Waals surface area contributed by atoms with Crippen LogP contribution in [0.1, 0.15) is 35.3 Å². The summed E-state index contributed by atoms with van der Waals surface area (Å²) in [6, 6.07) is 18.2. The Kier molecular flexibility index (Phi) is 6.60. The quantitative estimate of drug-likeness (QED) is 0.597. The Morgan fingerprint density at radius 3 is 2.69 bits per heavy atom. The molecule has 2 aromatic carbocycles. The fraction of sp³-hybridized carbons (Fsp3) is 0.250. The average Bonchev–Trinajstić information content (AvgIpc) is 3.30. The van der Waals surface area contributed by atoms with E-state index in [1.54, 1.807) is 6.07 Å². The molecule has 8 heteroatoms. The lowest BCUT2D eigenvalue weighted by atomic mass is 10.1. The van der Waals surface area contributed by atoms with Crippen molar-refractivity contribution in [3.63, 3.8) is 0 Å². The normalized spacial score (nSPS) is 13.6. The fourth-order valence-corrected chi connectivity index (χ4v) is 3.57. The van der Waals surface area contributed by atoms with E-state index in [-0.39, 0.29) is 24.1 Å². The van der Waals surface area contributed by atoms with Gasteiger partial charge in [0.05, 0.1) is 6.54 Å². The Morgan fingerprint density at radius 1 is 1.03 bits per heavy atom. The number of carbonyl (C=O) groups is 3. The van der Waals surface area contributed by atoms with Gasteiger partial charge in [-0.3, -0.25) is 14.4 Å². The van der Waals surface area contributed by atoms with E-state index < -0.39 is 5.91 Å². The molecule has 0 bridgehead atoms. The maximum atomic E-state index is 12.3. The summed E-state index contributed by atoms with van der Waals surface area (Å²) in [5.41, 5.74) is 2.46. The number of aromatic nitrogens is 1. The van der Waals surface area contributed by atoms with Crippen LogP contribution in [0, 0.1) is 0 Å². The third kappa shape index (κ3) is 5.40. The minimum atomic E-state index is -0.497. The molecule has 0 spiro atoms. The Balaban J connectivity index is 1.29. The summed E-state index contributed by atoms with van der Waals surface area (Å²) < 4.78 is 5.22. The molecule has 2 N–H and O–H groups in total. The minimum Gasteiger partial charge on any atom is -0.355 e. The maximum Gasteiger partial charge on any atom is 0.273 e. The summed E-state index contributed by atoms with van der Waals surface area (Å²) in [5.74, 6) is -0.222. The van der Waals surface area contributed by atoms with Gasteiger partial charge < -0.3 is 20.1 Å². The SMILES string of the molecule is O=C(CNC(=O)c1cc(-c2ccccc2)on1)Nc1cccc(CN2CCCCC2=O)c1. The van der Waals surface area contributed by atoms with E-state index in [1.807, 2.05) is 53.4 Å². The number of carbonyl (C=O) groups excluding carboxylic acids is 3. The van der Waals surface area contributed by atoms with Gasteiger partial charge in [0, 0.05) is 36.8 Å². The van der Waals surface area contributed by atoms with Crippen molar-refractivity contribution in [3.8, 4) is 11.3 Å². The van der Waals surface area contributed by atoms with Crippen molar-refractivity contribution in [1.29, 1.82) is 0 Å². The lowest BCUT2D eigenvalue weighted by Crippen LogP contribution is -2.34. The van der Waals surface area contributed by atoms with Crippen LogP contribution in [-0.4, -0.2) is 40.9 Å². The molecule has 1 fully saturated rings. The molecular weight excluding hydrogens is 408 g/mol. The van der Waals surface area contributed by atoms with Gasteiger partial charge in [-0.25, -0.2) is 0 Å². The molecular formula is C24H24N4O4. The second-order valence-corrected chi connectivity index (χ2v) is 7.65.